The van der Waals surface area contributed by atoms with Gasteiger partial charge >= 0.3 is 5.97 Å². The van der Waals surface area contributed by atoms with E-state index in [4.69, 9.17) is 10.8 Å². The fourth-order valence-electron chi connectivity index (χ4n) is 1.31. The maximum atomic E-state index is 11.5. The second-order valence-electron chi connectivity index (χ2n) is 4.99. The number of hydrogen-bond acceptors (Lipinski definition) is 5. The zero-order valence-electron chi connectivity index (χ0n) is 11.1. The normalized spacial score (nSPS) is 12.2. The predicted octanol–water partition coefficient (Wildman–Crippen LogP) is 1.20. The average Bonchev–Trinajstić information content (AvgIpc) is 2.24. The van der Waals surface area contributed by atoms with Crippen LogP contribution >= 0.6 is 0 Å². The maximum Gasteiger partial charge on any atom is 0.337 e. The van der Waals surface area contributed by atoms with E-state index >= 15 is 0 Å². The molecule has 0 saturated carbocycles. The number of sulfone groups is 1. The van der Waals surface area contributed by atoms with Crippen LogP contribution in [0.2, 0.25) is 0 Å². The van der Waals surface area contributed by atoms with Crippen LogP contribution in [0.4, 0.5) is 11.4 Å². The minimum absolute atomic E-state index is 0.0212. The van der Waals surface area contributed by atoms with Crippen molar-refractivity contribution in [3.63, 3.8) is 0 Å². The summed E-state index contributed by atoms with van der Waals surface area (Å²) in [5.41, 5.74) is 6.35. The summed E-state index contributed by atoms with van der Waals surface area (Å²) in [4.78, 5) is 10.8. The van der Waals surface area contributed by atoms with E-state index in [0.717, 1.165) is 0 Å². The summed E-state index contributed by atoms with van der Waals surface area (Å²) in [6.45, 7) is 3.44. The lowest BCUT2D eigenvalue weighted by molar-refractivity contribution is 0.0698. The molecule has 0 amide bonds. The number of carboxylic acids is 1. The van der Waals surface area contributed by atoms with Gasteiger partial charge in [-0.15, -0.1) is 0 Å². The lowest BCUT2D eigenvalue weighted by Gasteiger charge is -2.23. The van der Waals surface area contributed by atoms with Gasteiger partial charge in [0.15, 0.2) is 9.84 Å². The van der Waals surface area contributed by atoms with E-state index in [2.05, 4.69) is 5.32 Å². The molecule has 0 heterocycles. The third-order valence-corrected chi connectivity index (χ3v) is 5.16. The van der Waals surface area contributed by atoms with E-state index in [-0.39, 0.29) is 17.8 Å². The lowest BCUT2D eigenvalue weighted by atomic mass is 10.1. The number of carbonyl (C=O) groups is 1. The van der Waals surface area contributed by atoms with Crippen molar-refractivity contribution in [3.8, 4) is 0 Å². The Morgan fingerprint density at radius 1 is 1.42 bits per heavy atom. The van der Waals surface area contributed by atoms with Crippen molar-refractivity contribution in [1.29, 1.82) is 0 Å². The fourth-order valence-corrected chi connectivity index (χ4v) is 1.65. The minimum atomic E-state index is -3.19. The highest BCUT2D eigenvalue weighted by Crippen LogP contribution is 2.20. The highest BCUT2D eigenvalue weighted by molar-refractivity contribution is 7.92. The molecule has 1 rings (SSSR count). The zero-order valence-corrected chi connectivity index (χ0v) is 11.9. The summed E-state index contributed by atoms with van der Waals surface area (Å²) in [5, 5.41) is 11.8. The maximum absolute atomic E-state index is 11.5. The average molecular weight is 286 g/mol. The first kappa shape index (κ1) is 15.3. The molecule has 0 aromatic heterocycles. The molecular formula is C12H18N2O4S. The highest BCUT2D eigenvalue weighted by atomic mass is 32.2. The molecule has 0 unspecified atom stereocenters. The number of aromatic carboxylic acids is 1. The Kier molecular flexibility index (Phi) is 4.09. The van der Waals surface area contributed by atoms with Crippen molar-refractivity contribution >= 4 is 27.2 Å². The quantitative estimate of drug-likeness (QED) is 0.702. The van der Waals surface area contributed by atoms with Gasteiger partial charge in [0.1, 0.15) is 0 Å². The molecule has 0 saturated heterocycles. The Labute approximate surface area is 112 Å². The van der Waals surface area contributed by atoms with Gasteiger partial charge in [-0.1, -0.05) is 0 Å². The predicted molar refractivity (Wildman–Crippen MR) is 75.2 cm³/mol. The highest BCUT2D eigenvalue weighted by Gasteiger charge is 2.29. The number of nitrogens with two attached hydrogens (primary N) is 1. The van der Waals surface area contributed by atoms with Crippen LogP contribution in [0.5, 0.6) is 0 Å². The molecule has 0 aliphatic carbocycles. The van der Waals surface area contributed by atoms with Crippen LogP contribution in [-0.4, -0.2) is 37.0 Å². The molecule has 6 nitrogen and oxygen atoms in total. The van der Waals surface area contributed by atoms with Crippen LogP contribution in [-0.2, 0) is 9.84 Å². The molecule has 1 aromatic carbocycles. The van der Waals surface area contributed by atoms with Crippen LogP contribution in [0.25, 0.3) is 0 Å². The number of anilines is 2. The summed E-state index contributed by atoms with van der Waals surface area (Å²) in [7, 11) is -3.19. The second-order valence-corrected chi connectivity index (χ2v) is 7.64. The van der Waals surface area contributed by atoms with Crippen molar-refractivity contribution < 1.29 is 18.3 Å². The van der Waals surface area contributed by atoms with Gasteiger partial charge in [-0.2, -0.15) is 0 Å². The molecular weight excluding hydrogens is 268 g/mol. The third kappa shape index (κ3) is 3.60. The van der Waals surface area contributed by atoms with Gasteiger partial charge in [-0.05, 0) is 32.0 Å². The topological polar surface area (TPSA) is 109 Å². The number of carboxylic acid groups (broad SMARTS) is 1. The molecule has 0 spiro atoms. The standard InChI is InChI=1S/C12H18N2O4S/c1-12(2,19(3,17)18)7-14-8-4-5-9(11(15)16)10(13)6-8/h4-6,14H,7,13H2,1-3H3,(H,15,16). The zero-order chi connectivity index (χ0) is 14.8. The molecule has 0 atom stereocenters. The first-order valence-corrected chi connectivity index (χ1v) is 7.50. The molecule has 106 valence electrons. The Morgan fingerprint density at radius 3 is 2.42 bits per heavy atom. The van der Waals surface area contributed by atoms with Gasteiger partial charge in [0.05, 0.1) is 10.3 Å². The number of hydrogen-bond donors (Lipinski definition) is 3. The summed E-state index contributed by atoms with van der Waals surface area (Å²) in [6, 6.07) is 4.41. The monoisotopic (exact) mass is 286 g/mol. The van der Waals surface area contributed by atoms with E-state index in [0.29, 0.717) is 5.69 Å². The lowest BCUT2D eigenvalue weighted by Crippen LogP contribution is -2.38. The third-order valence-electron chi connectivity index (χ3n) is 3.00. The van der Waals surface area contributed by atoms with E-state index < -0.39 is 20.6 Å². The first-order chi connectivity index (χ1) is 8.54. The summed E-state index contributed by atoms with van der Waals surface area (Å²) >= 11 is 0. The van der Waals surface area contributed by atoms with Crippen molar-refractivity contribution in [3.05, 3.63) is 23.8 Å². The van der Waals surface area contributed by atoms with Crippen LogP contribution in [0.15, 0.2) is 18.2 Å². The summed E-state index contributed by atoms with van der Waals surface area (Å²) in [5.74, 6) is -1.10. The molecule has 4 N–H and O–H groups in total. The van der Waals surface area contributed by atoms with Crippen molar-refractivity contribution in [2.45, 2.75) is 18.6 Å². The minimum Gasteiger partial charge on any atom is -0.478 e. The van der Waals surface area contributed by atoms with Gasteiger partial charge in [0, 0.05) is 24.2 Å². The molecule has 7 heteroatoms. The molecule has 0 fully saturated rings. The SMILES string of the molecule is CC(C)(CNc1ccc(C(=O)O)c(N)c1)S(C)(=O)=O. The number of rotatable bonds is 5. The van der Waals surface area contributed by atoms with E-state index in [9.17, 15) is 13.2 Å². The second kappa shape index (κ2) is 5.08. The van der Waals surface area contributed by atoms with Gasteiger partial charge in [-0.25, -0.2) is 13.2 Å². The van der Waals surface area contributed by atoms with E-state index in [1.807, 2.05) is 0 Å². The Bertz CT molecular complexity index is 594. The molecule has 0 bridgehead atoms. The molecule has 0 aliphatic heterocycles. The number of nitrogen functional groups attached to an aromatic ring is 1. The summed E-state index contributed by atoms with van der Waals surface area (Å²) < 4.78 is 22.2. The van der Waals surface area contributed by atoms with Gasteiger partial charge in [0.2, 0.25) is 0 Å². The smallest absolute Gasteiger partial charge is 0.337 e. The van der Waals surface area contributed by atoms with Gasteiger partial charge in [0.25, 0.3) is 0 Å². The number of nitrogens with one attached hydrogen (secondary N) is 1. The summed E-state index contributed by atoms with van der Waals surface area (Å²) in [6.07, 6.45) is 1.18. The van der Waals surface area contributed by atoms with Crippen molar-refractivity contribution in [2.75, 3.05) is 23.9 Å². The number of benzene rings is 1. The molecule has 0 aliphatic rings. The Morgan fingerprint density at radius 2 is 2.00 bits per heavy atom. The van der Waals surface area contributed by atoms with Crippen LogP contribution < -0.4 is 11.1 Å². The Hall–Kier alpha value is -1.76. The fraction of sp³-hybridized carbons (Fsp3) is 0.417. The molecule has 0 radical (unpaired) electrons. The van der Waals surface area contributed by atoms with E-state index in [1.165, 1.54) is 18.4 Å². The first-order valence-electron chi connectivity index (χ1n) is 5.61. The molecule has 19 heavy (non-hydrogen) atoms. The largest absolute Gasteiger partial charge is 0.478 e. The van der Waals surface area contributed by atoms with Crippen molar-refractivity contribution in [2.24, 2.45) is 0 Å². The van der Waals surface area contributed by atoms with Crippen LogP contribution in [0, 0.1) is 0 Å². The van der Waals surface area contributed by atoms with Crippen LogP contribution in [0.1, 0.15) is 24.2 Å². The van der Waals surface area contributed by atoms with Gasteiger partial charge in [-0.3, -0.25) is 0 Å². The van der Waals surface area contributed by atoms with Crippen molar-refractivity contribution in [1.82, 2.24) is 0 Å². The van der Waals surface area contributed by atoms with Crippen LogP contribution in [0.3, 0.4) is 0 Å². The Balaban J connectivity index is 2.86. The molecule has 1 aromatic rings. The van der Waals surface area contributed by atoms with Gasteiger partial charge < -0.3 is 16.2 Å². The van der Waals surface area contributed by atoms with E-state index in [1.54, 1.807) is 19.9 Å².